The van der Waals surface area contributed by atoms with E-state index in [0.29, 0.717) is 12.3 Å². The van der Waals surface area contributed by atoms with Gasteiger partial charge in [0.15, 0.2) is 0 Å². The van der Waals surface area contributed by atoms with Crippen LogP contribution in [0.25, 0.3) is 0 Å². The number of rotatable bonds is 7. The fourth-order valence-corrected chi connectivity index (χ4v) is 3.39. The highest BCUT2D eigenvalue weighted by atomic mass is 32.2. The summed E-state index contributed by atoms with van der Waals surface area (Å²) >= 11 is 0. The molecular weight excluding hydrogens is 292 g/mol. The molecule has 0 aliphatic carbocycles. The van der Waals surface area contributed by atoms with Crippen LogP contribution in [0.2, 0.25) is 0 Å². The normalized spacial score (nSPS) is 13.2. The topological polar surface area (TPSA) is 81.9 Å². The van der Waals surface area contributed by atoms with Crippen molar-refractivity contribution in [2.45, 2.75) is 25.2 Å². The Hall–Kier alpha value is -1.47. The van der Waals surface area contributed by atoms with E-state index in [9.17, 15) is 8.42 Å². The molecule has 1 atom stereocenters. The van der Waals surface area contributed by atoms with Gasteiger partial charge in [-0.2, -0.15) is 0 Å². The molecule has 1 aromatic rings. The lowest BCUT2D eigenvalue weighted by molar-refractivity contribution is 0.376. The molecule has 0 aliphatic heterocycles. The summed E-state index contributed by atoms with van der Waals surface area (Å²) in [5, 5.41) is 0. The van der Waals surface area contributed by atoms with Gasteiger partial charge in [0.2, 0.25) is 10.0 Å². The highest BCUT2D eigenvalue weighted by Gasteiger charge is 2.27. The molecule has 2 N–H and O–H groups in total. The highest BCUT2D eigenvalue weighted by Crippen LogP contribution is 2.35. The molecule has 0 fully saturated rings. The molecule has 0 radical (unpaired) electrons. The fraction of sp³-hybridized carbons (Fsp3) is 0.571. The quantitative estimate of drug-likeness (QED) is 0.778. The molecule has 120 valence electrons. The van der Waals surface area contributed by atoms with Crippen molar-refractivity contribution >= 4 is 15.7 Å². The summed E-state index contributed by atoms with van der Waals surface area (Å²) in [5.41, 5.74) is 6.07. The first kappa shape index (κ1) is 17.6. The summed E-state index contributed by atoms with van der Waals surface area (Å²) < 4.78 is 36.9. The minimum Gasteiger partial charge on any atom is -0.495 e. The van der Waals surface area contributed by atoms with Crippen molar-refractivity contribution in [1.29, 1.82) is 0 Å². The minimum absolute atomic E-state index is 0.0501. The summed E-state index contributed by atoms with van der Waals surface area (Å²) in [6.07, 6.45) is 0.905. The van der Waals surface area contributed by atoms with Gasteiger partial charge in [-0.25, -0.2) is 12.7 Å². The third-order valence-corrected chi connectivity index (χ3v) is 5.31. The number of methoxy groups -OCH3 is 2. The fourth-order valence-electron chi connectivity index (χ4n) is 1.93. The highest BCUT2D eigenvalue weighted by molar-refractivity contribution is 7.89. The average molecular weight is 316 g/mol. The van der Waals surface area contributed by atoms with Crippen molar-refractivity contribution in [3.63, 3.8) is 0 Å². The Morgan fingerprint density at radius 2 is 1.81 bits per heavy atom. The van der Waals surface area contributed by atoms with Crippen LogP contribution < -0.4 is 15.2 Å². The maximum absolute atomic E-state index is 12.7. The lowest BCUT2D eigenvalue weighted by atomic mass is 10.1. The van der Waals surface area contributed by atoms with Gasteiger partial charge in [-0.05, 0) is 12.0 Å². The number of sulfonamides is 1. The van der Waals surface area contributed by atoms with E-state index in [-0.39, 0.29) is 22.3 Å². The van der Waals surface area contributed by atoms with Crippen LogP contribution in [0, 0.1) is 5.92 Å². The van der Waals surface area contributed by atoms with E-state index < -0.39 is 10.0 Å². The number of nitrogens with two attached hydrogens (primary N) is 1. The van der Waals surface area contributed by atoms with E-state index in [0.717, 1.165) is 6.42 Å². The van der Waals surface area contributed by atoms with Crippen LogP contribution in [0.5, 0.6) is 11.5 Å². The summed E-state index contributed by atoms with van der Waals surface area (Å²) in [6.45, 7) is 4.47. The van der Waals surface area contributed by atoms with E-state index in [4.69, 9.17) is 15.2 Å². The lowest BCUT2D eigenvalue weighted by Gasteiger charge is -2.22. The molecule has 21 heavy (non-hydrogen) atoms. The van der Waals surface area contributed by atoms with Gasteiger partial charge in [-0.15, -0.1) is 0 Å². The summed E-state index contributed by atoms with van der Waals surface area (Å²) in [6, 6.07) is 2.86. The van der Waals surface area contributed by atoms with Crippen molar-refractivity contribution in [3.05, 3.63) is 12.1 Å². The zero-order valence-electron chi connectivity index (χ0n) is 13.2. The Balaban J connectivity index is 3.27. The SMILES string of the molecule is CCC(C)CN(C)S(=O)(=O)c1cc(N)c(OC)cc1OC. The number of ether oxygens (including phenoxy) is 2. The molecule has 0 heterocycles. The molecule has 1 rings (SSSR count). The number of hydrogen-bond donors (Lipinski definition) is 1. The molecule has 0 spiro atoms. The molecule has 7 heteroatoms. The van der Waals surface area contributed by atoms with Gasteiger partial charge in [0, 0.05) is 19.7 Å². The smallest absolute Gasteiger partial charge is 0.246 e. The third-order valence-electron chi connectivity index (χ3n) is 3.47. The van der Waals surface area contributed by atoms with Crippen molar-refractivity contribution < 1.29 is 17.9 Å². The molecule has 1 unspecified atom stereocenters. The first-order valence-corrected chi connectivity index (χ1v) is 8.19. The number of nitrogen functional groups attached to an aromatic ring is 1. The van der Waals surface area contributed by atoms with Gasteiger partial charge in [-0.3, -0.25) is 0 Å². The largest absolute Gasteiger partial charge is 0.495 e. The maximum atomic E-state index is 12.7. The Kier molecular flexibility index (Phi) is 5.86. The van der Waals surface area contributed by atoms with Crippen molar-refractivity contribution in [1.82, 2.24) is 4.31 Å². The second-order valence-corrected chi connectivity index (χ2v) is 7.06. The van der Waals surface area contributed by atoms with Gasteiger partial charge in [-0.1, -0.05) is 20.3 Å². The van der Waals surface area contributed by atoms with Crippen LogP contribution in [0.3, 0.4) is 0 Å². The molecule has 1 aromatic carbocycles. The Morgan fingerprint density at radius 3 is 2.29 bits per heavy atom. The summed E-state index contributed by atoms with van der Waals surface area (Å²) in [4.78, 5) is 0.0501. The molecule has 0 saturated heterocycles. The first-order chi connectivity index (χ1) is 9.77. The zero-order chi connectivity index (χ0) is 16.2. The number of nitrogens with zero attached hydrogens (tertiary/aromatic N) is 1. The van der Waals surface area contributed by atoms with E-state index in [1.165, 1.54) is 30.7 Å². The predicted octanol–water partition coefficient (Wildman–Crippen LogP) is 1.95. The van der Waals surface area contributed by atoms with Crippen LogP contribution in [0.15, 0.2) is 17.0 Å². The second kappa shape index (κ2) is 7.00. The number of hydrogen-bond acceptors (Lipinski definition) is 5. The standard InChI is InChI=1S/C14H24N2O4S/c1-6-10(2)9-16(3)21(17,18)14-7-11(15)12(19-4)8-13(14)20-5/h7-8,10H,6,9,15H2,1-5H3. The van der Waals surface area contributed by atoms with Crippen LogP contribution >= 0.6 is 0 Å². The van der Waals surface area contributed by atoms with E-state index in [1.807, 2.05) is 13.8 Å². The Morgan fingerprint density at radius 1 is 1.24 bits per heavy atom. The van der Waals surface area contributed by atoms with Gasteiger partial charge < -0.3 is 15.2 Å². The van der Waals surface area contributed by atoms with Crippen LogP contribution in [0.1, 0.15) is 20.3 Å². The molecular formula is C14H24N2O4S. The second-order valence-electron chi connectivity index (χ2n) is 5.04. The average Bonchev–Trinajstić information content (AvgIpc) is 2.46. The lowest BCUT2D eigenvalue weighted by Crippen LogP contribution is -2.31. The van der Waals surface area contributed by atoms with E-state index in [2.05, 4.69) is 0 Å². The van der Waals surface area contributed by atoms with Crippen LogP contribution in [0.4, 0.5) is 5.69 Å². The Bertz CT molecular complexity index is 587. The molecule has 0 saturated carbocycles. The molecule has 0 bridgehead atoms. The predicted molar refractivity (Wildman–Crippen MR) is 83.2 cm³/mol. The van der Waals surface area contributed by atoms with Crippen molar-refractivity contribution in [2.75, 3.05) is 33.5 Å². The van der Waals surface area contributed by atoms with E-state index in [1.54, 1.807) is 7.05 Å². The third kappa shape index (κ3) is 3.79. The van der Waals surface area contributed by atoms with Crippen LogP contribution in [-0.2, 0) is 10.0 Å². The Labute approximate surface area is 126 Å². The van der Waals surface area contributed by atoms with Crippen LogP contribution in [-0.4, -0.2) is 40.5 Å². The summed E-state index contributed by atoms with van der Waals surface area (Å²) in [5.74, 6) is 0.874. The van der Waals surface area contributed by atoms with Gasteiger partial charge >= 0.3 is 0 Å². The van der Waals surface area contributed by atoms with Crippen molar-refractivity contribution in [3.8, 4) is 11.5 Å². The molecule has 0 aromatic heterocycles. The molecule has 0 amide bonds. The number of anilines is 1. The maximum Gasteiger partial charge on any atom is 0.246 e. The molecule has 0 aliphatic rings. The van der Waals surface area contributed by atoms with Crippen molar-refractivity contribution in [2.24, 2.45) is 5.92 Å². The van der Waals surface area contributed by atoms with E-state index >= 15 is 0 Å². The summed E-state index contributed by atoms with van der Waals surface area (Å²) in [7, 11) is 0.777. The first-order valence-electron chi connectivity index (χ1n) is 6.75. The monoisotopic (exact) mass is 316 g/mol. The molecule has 6 nitrogen and oxygen atoms in total. The number of benzene rings is 1. The van der Waals surface area contributed by atoms with Gasteiger partial charge in [0.05, 0.1) is 19.9 Å². The minimum atomic E-state index is -3.66. The van der Waals surface area contributed by atoms with Gasteiger partial charge in [0.25, 0.3) is 0 Å². The van der Waals surface area contributed by atoms with Gasteiger partial charge in [0.1, 0.15) is 16.4 Å². The zero-order valence-corrected chi connectivity index (χ0v) is 14.0.